The molecule has 1 unspecified atom stereocenters. The number of fused-ring (bicyclic) bond motifs is 1. The normalized spacial score (nSPS) is 17.0. The Balaban J connectivity index is 2.37. The van der Waals surface area contributed by atoms with E-state index in [9.17, 15) is 25.4 Å². The van der Waals surface area contributed by atoms with Crippen molar-refractivity contribution in [3.05, 3.63) is 64.9 Å². The maximum atomic E-state index is 11.8. The molecule has 0 saturated carbocycles. The second kappa shape index (κ2) is 4.70. The van der Waals surface area contributed by atoms with Gasteiger partial charge in [0.2, 0.25) is 0 Å². The van der Waals surface area contributed by atoms with E-state index in [1.54, 1.807) is 5.38 Å². The molecule has 0 saturated heterocycles. The molecule has 1 aliphatic rings. The van der Waals surface area contributed by atoms with Crippen LogP contribution in [0.15, 0.2) is 27.8 Å². The Hall–Kier alpha value is -3.15. The minimum absolute atomic E-state index is 0.0147. The average molecular weight is 325 g/mol. The Bertz CT molecular complexity index is 886. The lowest BCUT2D eigenvalue weighted by Crippen LogP contribution is -2.30. The number of aromatic amines is 1. The van der Waals surface area contributed by atoms with Crippen molar-refractivity contribution in [1.29, 1.82) is 0 Å². The molecule has 22 heavy (non-hydrogen) atoms. The summed E-state index contributed by atoms with van der Waals surface area (Å²) in [7, 11) is 0. The summed E-state index contributed by atoms with van der Waals surface area (Å²) in [5, 5.41) is 37.1. The Kier molecular flexibility index (Phi) is 2.95. The molecule has 0 aliphatic heterocycles. The van der Waals surface area contributed by atoms with Gasteiger partial charge in [-0.1, -0.05) is 9.79 Å². The van der Waals surface area contributed by atoms with Crippen LogP contribution in [0.1, 0.15) is 22.2 Å². The molecule has 0 spiro atoms. The molecule has 0 amide bonds. The van der Waals surface area contributed by atoms with Crippen LogP contribution in [0, 0.1) is 25.4 Å². The van der Waals surface area contributed by atoms with E-state index in [1.807, 2.05) is 0 Å². The predicted octanol–water partition coefficient (Wildman–Crippen LogP) is 0.269. The summed E-state index contributed by atoms with van der Waals surface area (Å²) in [6, 6.07) is 1.53. The van der Waals surface area contributed by atoms with Gasteiger partial charge in [-0.2, -0.15) is 4.90 Å². The van der Waals surface area contributed by atoms with Gasteiger partial charge >= 0.3 is 0 Å². The van der Waals surface area contributed by atoms with Crippen LogP contribution >= 0.6 is 11.3 Å². The molecule has 0 radical (unpaired) electrons. The Labute approximate surface area is 124 Å². The van der Waals surface area contributed by atoms with E-state index in [2.05, 4.69) is 9.79 Å². The third kappa shape index (κ3) is 1.85. The highest BCUT2D eigenvalue weighted by atomic mass is 32.1. The van der Waals surface area contributed by atoms with E-state index in [1.165, 1.54) is 6.07 Å². The van der Waals surface area contributed by atoms with E-state index in [-0.39, 0.29) is 21.7 Å². The number of thiophene rings is 1. The van der Waals surface area contributed by atoms with E-state index in [4.69, 9.17) is 5.73 Å². The number of H-pyrrole nitrogens is 1. The summed E-state index contributed by atoms with van der Waals surface area (Å²) in [6.45, 7) is 0. The van der Waals surface area contributed by atoms with Crippen LogP contribution in [-0.4, -0.2) is 20.7 Å². The zero-order chi connectivity index (χ0) is 16.0. The standard InChI is InChI=1S/C10H7N5O6S/c11-4-1-2-22-10(4)7-5(13(16)17)3-6(14(18)19)8-9(7)15(20)21-12-8/h1-3,7,12H,11H2. The lowest BCUT2D eigenvalue weighted by atomic mass is 9.90. The number of hydrogen-bond donors (Lipinski definition) is 2. The van der Waals surface area contributed by atoms with Gasteiger partial charge in [0, 0.05) is 5.69 Å². The Morgan fingerprint density at radius 3 is 2.68 bits per heavy atom. The molecule has 0 bridgehead atoms. The van der Waals surface area contributed by atoms with Crippen LogP contribution in [0.2, 0.25) is 0 Å². The lowest BCUT2D eigenvalue weighted by molar-refractivity contribution is -0.720. The fourth-order valence-electron chi connectivity index (χ4n) is 2.27. The van der Waals surface area contributed by atoms with E-state index in [0.29, 0.717) is 4.88 Å². The van der Waals surface area contributed by atoms with Crippen molar-refractivity contribution in [3.63, 3.8) is 0 Å². The van der Waals surface area contributed by atoms with Crippen molar-refractivity contribution < 1.29 is 19.1 Å². The highest BCUT2D eigenvalue weighted by molar-refractivity contribution is 7.10. The lowest BCUT2D eigenvalue weighted by Gasteiger charge is -2.14. The molecule has 12 heteroatoms. The predicted molar refractivity (Wildman–Crippen MR) is 73.2 cm³/mol. The molecule has 2 heterocycles. The first-order valence-corrected chi connectivity index (χ1v) is 6.64. The number of nitrogens with two attached hydrogens (primary N) is 1. The zero-order valence-electron chi connectivity index (χ0n) is 10.6. The number of nitrogens with zero attached hydrogens (tertiary/aromatic N) is 3. The fraction of sp³-hybridized carbons (Fsp3) is 0.100. The minimum atomic E-state index is -1.15. The highest BCUT2D eigenvalue weighted by Gasteiger charge is 2.48. The monoisotopic (exact) mass is 325 g/mol. The molecule has 114 valence electrons. The van der Waals surface area contributed by atoms with Gasteiger partial charge in [-0.25, -0.2) is 0 Å². The molecular weight excluding hydrogens is 318 g/mol. The summed E-state index contributed by atoms with van der Waals surface area (Å²) in [4.78, 5) is 21.8. The third-order valence-electron chi connectivity index (χ3n) is 3.19. The molecule has 0 fully saturated rings. The van der Waals surface area contributed by atoms with Gasteiger partial charge in [0.05, 0.1) is 15.9 Å². The van der Waals surface area contributed by atoms with E-state index >= 15 is 0 Å². The van der Waals surface area contributed by atoms with Gasteiger partial charge in [-0.3, -0.25) is 10.1 Å². The van der Waals surface area contributed by atoms with Gasteiger partial charge in [-0.15, -0.1) is 11.3 Å². The van der Waals surface area contributed by atoms with Gasteiger partial charge in [-0.05, 0) is 16.4 Å². The molecule has 2 aromatic heterocycles. The molecule has 1 aliphatic carbocycles. The first-order valence-electron chi connectivity index (χ1n) is 5.76. The van der Waals surface area contributed by atoms with Gasteiger partial charge < -0.3 is 16.1 Å². The quantitative estimate of drug-likeness (QED) is 0.453. The number of nitrogen functional groups attached to an aromatic ring is 1. The number of nitrogens with one attached hydrogen (secondary N) is 1. The molecule has 1 atom stereocenters. The number of anilines is 1. The number of rotatable bonds is 2. The summed E-state index contributed by atoms with van der Waals surface area (Å²) in [5.74, 6) is -1.15. The molecule has 2 aromatic rings. The molecule has 3 N–H and O–H groups in total. The Morgan fingerprint density at radius 2 is 2.14 bits per heavy atom. The summed E-state index contributed by atoms with van der Waals surface area (Å²) >= 11 is 1.11. The van der Waals surface area contributed by atoms with Crippen LogP contribution in [-0.2, 0) is 0 Å². The van der Waals surface area contributed by atoms with E-state index < -0.39 is 27.2 Å². The third-order valence-corrected chi connectivity index (χ3v) is 4.19. The topological polar surface area (TPSA) is 170 Å². The second-order valence-electron chi connectivity index (χ2n) is 4.35. The molecule has 3 rings (SSSR count). The first kappa shape index (κ1) is 13.8. The van der Waals surface area contributed by atoms with Crippen molar-refractivity contribution in [2.24, 2.45) is 0 Å². The summed E-state index contributed by atoms with van der Waals surface area (Å²) in [5.41, 5.74) is 4.39. The second-order valence-corrected chi connectivity index (χ2v) is 5.30. The van der Waals surface area contributed by atoms with Crippen LogP contribution < -0.4 is 10.3 Å². The number of allylic oxidation sites excluding steroid dienone is 2. The summed E-state index contributed by atoms with van der Waals surface area (Å²) < 4.78 is 4.50. The van der Waals surface area contributed by atoms with Crippen molar-refractivity contribution in [3.8, 4) is 0 Å². The van der Waals surface area contributed by atoms with Crippen LogP contribution in [0.3, 0.4) is 0 Å². The molecular formula is C10H7N5O6S. The first-order chi connectivity index (χ1) is 10.4. The molecule has 0 aromatic carbocycles. The maximum absolute atomic E-state index is 11.8. The number of nitro groups is 1. The van der Waals surface area contributed by atoms with Crippen molar-refractivity contribution in [2.45, 2.75) is 5.92 Å². The highest BCUT2D eigenvalue weighted by Crippen LogP contribution is 2.40. The number of hydrogen-bond acceptors (Lipinski definition) is 8. The van der Waals surface area contributed by atoms with Crippen LogP contribution in [0.25, 0.3) is 0 Å². The van der Waals surface area contributed by atoms with Crippen LogP contribution in [0.5, 0.6) is 0 Å². The largest absolute Gasteiger partial charge is 0.612 e. The smallest absolute Gasteiger partial charge is 0.289 e. The fourth-order valence-corrected chi connectivity index (χ4v) is 3.21. The van der Waals surface area contributed by atoms with Crippen molar-refractivity contribution in [1.82, 2.24) is 5.16 Å². The van der Waals surface area contributed by atoms with Crippen LogP contribution in [0.4, 0.5) is 5.69 Å². The van der Waals surface area contributed by atoms with Gasteiger partial charge in [0.1, 0.15) is 0 Å². The molecule has 11 nitrogen and oxygen atoms in total. The van der Waals surface area contributed by atoms with Crippen molar-refractivity contribution >= 4 is 22.7 Å². The van der Waals surface area contributed by atoms with Gasteiger partial charge in [0.15, 0.2) is 10.5 Å². The Morgan fingerprint density at radius 1 is 1.41 bits per heavy atom. The number of aromatic nitrogens is 2. The van der Waals surface area contributed by atoms with Gasteiger partial charge in [0.25, 0.3) is 22.8 Å². The van der Waals surface area contributed by atoms with Crippen molar-refractivity contribution in [2.75, 3.05) is 5.73 Å². The SMILES string of the molecule is Nc1ccsc1C1C([N+](=O)[O-])=CC(=[N+]([O-])[O-])c2[nH]o[n+](=O)c21. The zero-order valence-corrected chi connectivity index (χ0v) is 11.4. The van der Waals surface area contributed by atoms with E-state index in [0.717, 1.165) is 17.4 Å². The minimum Gasteiger partial charge on any atom is -0.612 e. The summed E-state index contributed by atoms with van der Waals surface area (Å²) in [6.07, 6.45) is 0.804. The average Bonchev–Trinajstić information content (AvgIpc) is 3.04. The maximum Gasteiger partial charge on any atom is 0.289 e.